The first kappa shape index (κ1) is 25.6. The highest BCUT2D eigenvalue weighted by atomic mass is 16.2. The Morgan fingerprint density at radius 3 is 2.32 bits per heavy atom. The maximum absolute atomic E-state index is 13.6. The number of carbonyl (C=O) groups excluding carboxylic acids is 2. The van der Waals surface area contributed by atoms with E-state index in [0.29, 0.717) is 40.6 Å². The molecule has 206 valence electrons. The minimum Gasteiger partial charge on any atom is -0.378 e. The minimum absolute atomic E-state index is 0.157. The first-order valence-corrected chi connectivity index (χ1v) is 14.8. The lowest BCUT2D eigenvalue weighted by atomic mass is 9.68. The number of benzene rings is 4. The predicted octanol–water partition coefficient (Wildman–Crippen LogP) is 7.73. The Morgan fingerprint density at radius 1 is 0.805 bits per heavy atom. The lowest BCUT2D eigenvalue weighted by Crippen LogP contribution is -2.35. The zero-order valence-electron chi connectivity index (χ0n) is 23.2. The Labute approximate surface area is 241 Å². The maximum Gasteiger partial charge on any atom is 0.255 e. The van der Waals surface area contributed by atoms with Gasteiger partial charge in [-0.15, -0.1) is 0 Å². The van der Waals surface area contributed by atoms with E-state index < -0.39 is 0 Å². The van der Waals surface area contributed by atoms with Crippen LogP contribution in [0.5, 0.6) is 0 Å². The quantitative estimate of drug-likeness (QED) is 0.234. The average molecular weight is 542 g/mol. The third-order valence-electron chi connectivity index (χ3n) is 9.58. The summed E-state index contributed by atoms with van der Waals surface area (Å²) in [7, 11) is 0. The molecule has 2 amide bonds. The van der Waals surface area contributed by atoms with Crippen molar-refractivity contribution in [1.29, 1.82) is 0 Å². The lowest BCUT2D eigenvalue weighted by Gasteiger charge is -2.43. The van der Waals surface area contributed by atoms with Crippen LogP contribution < -0.4 is 16.0 Å². The molecule has 3 N–H and O–H groups in total. The molecule has 0 saturated heterocycles. The summed E-state index contributed by atoms with van der Waals surface area (Å²) < 4.78 is 0. The van der Waals surface area contributed by atoms with Crippen LogP contribution >= 0.6 is 0 Å². The number of anilines is 2. The summed E-state index contributed by atoms with van der Waals surface area (Å²) in [6, 6.07) is 34.1. The smallest absolute Gasteiger partial charge is 0.255 e. The fourth-order valence-electron chi connectivity index (χ4n) is 7.70. The summed E-state index contributed by atoms with van der Waals surface area (Å²) in [5.74, 6) is 1.97. The third-order valence-corrected chi connectivity index (χ3v) is 9.58. The third kappa shape index (κ3) is 4.69. The van der Waals surface area contributed by atoms with Crippen molar-refractivity contribution in [3.05, 3.63) is 131 Å². The van der Waals surface area contributed by atoms with Gasteiger partial charge >= 0.3 is 0 Å². The highest BCUT2D eigenvalue weighted by Crippen LogP contribution is 2.63. The zero-order valence-corrected chi connectivity index (χ0v) is 23.2. The van der Waals surface area contributed by atoms with Crippen LogP contribution in [0.2, 0.25) is 0 Å². The van der Waals surface area contributed by atoms with Gasteiger partial charge in [-0.05, 0) is 96.9 Å². The van der Waals surface area contributed by atoms with Gasteiger partial charge in [-0.1, -0.05) is 72.8 Å². The molecule has 2 saturated carbocycles. The molecule has 4 aromatic carbocycles. The molecule has 2 aliphatic carbocycles. The Morgan fingerprint density at radius 2 is 1.51 bits per heavy atom. The highest BCUT2D eigenvalue weighted by molar-refractivity contribution is 6.09. The van der Waals surface area contributed by atoms with Crippen LogP contribution in [-0.2, 0) is 0 Å². The summed E-state index contributed by atoms with van der Waals surface area (Å²) in [6.45, 7) is 1.96. The topological polar surface area (TPSA) is 70.2 Å². The van der Waals surface area contributed by atoms with Crippen molar-refractivity contribution in [2.45, 2.75) is 44.2 Å². The van der Waals surface area contributed by atoms with E-state index in [1.54, 1.807) is 12.1 Å². The summed E-state index contributed by atoms with van der Waals surface area (Å²) in [6.07, 6.45) is 3.85. The van der Waals surface area contributed by atoms with Crippen LogP contribution in [0.15, 0.2) is 103 Å². The highest BCUT2D eigenvalue weighted by Gasteiger charge is 2.53. The van der Waals surface area contributed by atoms with E-state index in [1.165, 1.54) is 30.4 Å². The lowest BCUT2D eigenvalue weighted by molar-refractivity contribution is 0.0940. The van der Waals surface area contributed by atoms with E-state index in [9.17, 15) is 9.59 Å². The molecule has 0 unspecified atom stereocenters. The zero-order chi connectivity index (χ0) is 27.9. The van der Waals surface area contributed by atoms with E-state index in [0.717, 1.165) is 17.2 Å². The van der Waals surface area contributed by atoms with Crippen LogP contribution in [0, 0.1) is 17.8 Å². The first-order chi connectivity index (χ1) is 20.1. The molecule has 7 rings (SSSR count). The molecule has 5 nitrogen and oxygen atoms in total. The fraction of sp³-hybridized carbons (Fsp3) is 0.278. The Balaban J connectivity index is 1.14. The van der Waals surface area contributed by atoms with Gasteiger partial charge in [0.1, 0.15) is 0 Å². The number of fused-ring (bicyclic) bond motifs is 7. The van der Waals surface area contributed by atoms with Crippen LogP contribution in [0.4, 0.5) is 11.4 Å². The Hall–Kier alpha value is -4.38. The number of rotatable bonds is 6. The van der Waals surface area contributed by atoms with E-state index in [-0.39, 0.29) is 17.9 Å². The number of hydrogen-bond acceptors (Lipinski definition) is 3. The van der Waals surface area contributed by atoms with Gasteiger partial charge in [0.2, 0.25) is 0 Å². The first-order valence-electron chi connectivity index (χ1n) is 14.8. The normalized spacial score (nSPS) is 24.5. The van der Waals surface area contributed by atoms with Gasteiger partial charge < -0.3 is 16.0 Å². The Bertz CT molecular complexity index is 1590. The van der Waals surface area contributed by atoms with Gasteiger partial charge in [-0.2, -0.15) is 0 Å². The van der Waals surface area contributed by atoms with Crippen molar-refractivity contribution < 1.29 is 9.59 Å². The number of nitrogens with one attached hydrogen (secondary N) is 3. The van der Waals surface area contributed by atoms with Gasteiger partial charge in [0.15, 0.2) is 0 Å². The second kappa shape index (κ2) is 10.5. The van der Waals surface area contributed by atoms with Gasteiger partial charge in [-0.3, -0.25) is 9.59 Å². The molecule has 1 aliphatic heterocycles. The second-order valence-electron chi connectivity index (χ2n) is 11.9. The molecule has 0 spiro atoms. The molecule has 3 aliphatic rings. The average Bonchev–Trinajstić information content (AvgIpc) is 3.65. The van der Waals surface area contributed by atoms with Crippen molar-refractivity contribution >= 4 is 23.2 Å². The molecule has 0 aromatic heterocycles. The van der Waals surface area contributed by atoms with Gasteiger partial charge in [-0.25, -0.2) is 0 Å². The molecule has 1 heterocycles. The van der Waals surface area contributed by atoms with Crippen molar-refractivity contribution in [2.24, 2.45) is 17.8 Å². The minimum atomic E-state index is -0.219. The van der Waals surface area contributed by atoms with Crippen molar-refractivity contribution in [2.75, 3.05) is 10.6 Å². The molecular formula is C36H35N3O2. The number of amides is 2. The molecule has 6 atom stereocenters. The van der Waals surface area contributed by atoms with Crippen LogP contribution in [0.1, 0.15) is 81.6 Å². The molecular weight excluding hydrogens is 506 g/mol. The maximum atomic E-state index is 13.6. The van der Waals surface area contributed by atoms with E-state index in [4.69, 9.17) is 0 Å². The van der Waals surface area contributed by atoms with Crippen molar-refractivity contribution in [3.63, 3.8) is 0 Å². The molecule has 2 bridgehead atoms. The molecule has 4 aromatic rings. The second-order valence-corrected chi connectivity index (χ2v) is 11.9. The van der Waals surface area contributed by atoms with Gasteiger partial charge in [0, 0.05) is 11.3 Å². The fourth-order valence-corrected chi connectivity index (χ4v) is 7.70. The summed E-state index contributed by atoms with van der Waals surface area (Å²) in [4.78, 5) is 26.8. The van der Waals surface area contributed by atoms with E-state index in [1.807, 2.05) is 55.5 Å². The van der Waals surface area contributed by atoms with Crippen molar-refractivity contribution in [3.8, 4) is 0 Å². The molecule has 0 radical (unpaired) electrons. The van der Waals surface area contributed by atoms with Gasteiger partial charge in [0.25, 0.3) is 11.8 Å². The van der Waals surface area contributed by atoms with Crippen molar-refractivity contribution in [1.82, 2.24) is 5.32 Å². The predicted molar refractivity (Wildman–Crippen MR) is 163 cm³/mol. The summed E-state index contributed by atoms with van der Waals surface area (Å²) in [5, 5.41) is 9.96. The SMILES string of the molecule is C[C@H](NC(=O)c1ccccc1NC(=O)c1ccc2c(c1)[C@@H]1[C@H]3CC[C@@H](C3)[C@@H]1[C@@H](c1ccccc1)N2)c1ccccc1. The van der Waals surface area contributed by atoms with E-state index in [2.05, 4.69) is 58.4 Å². The van der Waals surface area contributed by atoms with Crippen LogP contribution in [0.3, 0.4) is 0 Å². The van der Waals surface area contributed by atoms with E-state index >= 15 is 0 Å². The summed E-state index contributed by atoms with van der Waals surface area (Å²) >= 11 is 0. The largest absolute Gasteiger partial charge is 0.378 e. The standard InChI is InChI=1S/C36H35N3O2/c1-22(23-10-4-2-5-11-23)37-36(41)28-14-8-9-15-30(28)39-35(40)27-18-19-31-29(21-27)32-25-16-17-26(20-25)33(32)34(38-31)24-12-6-3-7-13-24/h2-15,18-19,21-22,25-26,32-34,38H,16-17,20H2,1H3,(H,37,41)(H,39,40)/t22-,25-,26-,32-,33-,34+/m0/s1. The number of para-hydroxylation sites is 1. The number of carbonyl (C=O) groups is 2. The Kier molecular flexibility index (Phi) is 6.58. The summed E-state index contributed by atoms with van der Waals surface area (Å²) in [5.41, 5.74) is 6.36. The molecule has 2 fully saturated rings. The monoisotopic (exact) mass is 541 g/mol. The number of hydrogen-bond donors (Lipinski definition) is 3. The van der Waals surface area contributed by atoms with Crippen LogP contribution in [-0.4, -0.2) is 11.8 Å². The molecule has 5 heteroatoms. The molecule has 41 heavy (non-hydrogen) atoms. The van der Waals surface area contributed by atoms with Gasteiger partial charge in [0.05, 0.1) is 23.3 Å². The van der Waals surface area contributed by atoms with Crippen LogP contribution in [0.25, 0.3) is 0 Å².